The molecule has 3 rings (SSSR count). The van der Waals surface area contributed by atoms with Gasteiger partial charge in [0, 0.05) is 18.8 Å². The molecule has 0 radical (unpaired) electrons. The first-order valence-corrected chi connectivity index (χ1v) is 12.9. The topological polar surface area (TPSA) is 95.6 Å². The second kappa shape index (κ2) is 10.1. The van der Waals surface area contributed by atoms with Crippen LogP contribution in [0.25, 0.3) is 0 Å². The van der Waals surface area contributed by atoms with Crippen molar-refractivity contribution >= 4 is 33.2 Å². The molecule has 2 aromatic rings. The third kappa shape index (κ3) is 5.62. The third-order valence-electron chi connectivity index (χ3n) is 5.77. The summed E-state index contributed by atoms with van der Waals surface area (Å²) in [5, 5.41) is 3.29. The van der Waals surface area contributed by atoms with E-state index in [1.54, 1.807) is 45.0 Å². The fourth-order valence-electron chi connectivity index (χ4n) is 3.55. The summed E-state index contributed by atoms with van der Waals surface area (Å²) in [6.45, 7) is 8.19. The van der Waals surface area contributed by atoms with Crippen molar-refractivity contribution in [3.8, 4) is 0 Å². The van der Waals surface area contributed by atoms with Gasteiger partial charge in [-0.15, -0.1) is 0 Å². The van der Waals surface area contributed by atoms with Crippen LogP contribution in [0.3, 0.4) is 0 Å². The molecule has 33 heavy (non-hydrogen) atoms. The van der Waals surface area contributed by atoms with Gasteiger partial charge in [-0.25, -0.2) is 18.0 Å². The van der Waals surface area contributed by atoms with Crippen molar-refractivity contribution in [3.63, 3.8) is 0 Å². The monoisotopic (exact) mass is 471 g/mol. The molecular formula is C25H33N3O4S. The number of carbonyl (C=O) groups excluding carboxylic acids is 2. The van der Waals surface area contributed by atoms with Gasteiger partial charge in [0.05, 0.1) is 21.6 Å². The lowest BCUT2D eigenvalue weighted by Crippen LogP contribution is -2.39. The van der Waals surface area contributed by atoms with Crippen LogP contribution in [0, 0.1) is 0 Å². The van der Waals surface area contributed by atoms with E-state index in [0.29, 0.717) is 29.9 Å². The van der Waals surface area contributed by atoms with Crippen molar-refractivity contribution in [3.05, 3.63) is 59.2 Å². The number of sulfonamides is 1. The molecular weight excluding hydrogens is 438 g/mol. The molecule has 2 N–H and O–H groups in total. The molecule has 0 bridgehead atoms. The van der Waals surface area contributed by atoms with Crippen molar-refractivity contribution in [2.75, 3.05) is 23.3 Å². The summed E-state index contributed by atoms with van der Waals surface area (Å²) in [5.74, 6) is -0.613. The van der Waals surface area contributed by atoms with E-state index in [1.807, 2.05) is 18.2 Å². The average molecular weight is 472 g/mol. The molecule has 178 valence electrons. The Balaban J connectivity index is 1.51. The number of fused-ring (bicyclic) bond motifs is 1. The Morgan fingerprint density at radius 1 is 0.848 bits per heavy atom. The normalized spacial score (nSPS) is 14.0. The van der Waals surface area contributed by atoms with E-state index in [0.717, 1.165) is 36.9 Å². The number of unbranched alkanes of at least 4 members (excludes halogenated alkanes) is 2. The molecule has 0 unspecified atom stereocenters. The Bertz CT molecular complexity index is 1120. The Hall–Kier alpha value is -2.71. The first-order valence-electron chi connectivity index (χ1n) is 11.4. The molecule has 0 atom stereocenters. The molecule has 8 heteroatoms. The van der Waals surface area contributed by atoms with Gasteiger partial charge in [-0.1, -0.05) is 25.5 Å². The molecule has 2 aromatic carbocycles. The second-order valence-electron chi connectivity index (χ2n) is 9.22. The highest BCUT2D eigenvalue weighted by Gasteiger charge is 2.36. The lowest BCUT2D eigenvalue weighted by molar-refractivity contribution is 0.0926. The summed E-state index contributed by atoms with van der Waals surface area (Å²) in [7, 11) is -3.31. The van der Waals surface area contributed by atoms with Gasteiger partial charge in [-0.2, -0.15) is 0 Å². The molecule has 1 aliphatic heterocycles. The van der Waals surface area contributed by atoms with Crippen LogP contribution in [0.5, 0.6) is 0 Å². The van der Waals surface area contributed by atoms with Crippen LogP contribution in [0.1, 0.15) is 73.2 Å². The van der Waals surface area contributed by atoms with E-state index >= 15 is 0 Å². The Labute approximate surface area is 196 Å². The fraction of sp³-hybridized carbons (Fsp3) is 0.440. The van der Waals surface area contributed by atoms with Crippen molar-refractivity contribution in [1.29, 1.82) is 0 Å². The minimum Gasteiger partial charge on any atom is -0.385 e. The highest BCUT2D eigenvalue weighted by Crippen LogP contribution is 2.30. The zero-order chi connectivity index (χ0) is 24.2. The van der Waals surface area contributed by atoms with Gasteiger partial charge in [-0.05, 0) is 75.9 Å². The molecule has 7 nitrogen and oxygen atoms in total. The number of hydrogen-bond acceptors (Lipinski definition) is 5. The van der Waals surface area contributed by atoms with Gasteiger partial charge in [-0.3, -0.25) is 9.59 Å². The number of benzene rings is 2. The maximum atomic E-state index is 12.9. The molecule has 0 saturated heterocycles. The van der Waals surface area contributed by atoms with Gasteiger partial charge in [0.1, 0.15) is 0 Å². The van der Waals surface area contributed by atoms with Crippen LogP contribution < -0.4 is 14.9 Å². The predicted octanol–water partition coefficient (Wildman–Crippen LogP) is 4.35. The standard InChI is InChI=1S/C25H33N3O4S/c1-5-18-9-12-20(13-10-18)28-23(29)21-14-11-19(17-22(21)24(28)30)26-15-7-6-8-16-27-33(31,32)25(2,3)4/h9-14,17,26-27H,5-8,15-16H2,1-4H3. The first kappa shape index (κ1) is 24.9. The van der Waals surface area contributed by atoms with Crippen LogP contribution in [-0.4, -0.2) is 38.1 Å². The van der Waals surface area contributed by atoms with Crippen LogP contribution in [0.4, 0.5) is 11.4 Å². The number of anilines is 2. The number of rotatable bonds is 10. The number of hydrogen-bond donors (Lipinski definition) is 2. The second-order valence-corrected chi connectivity index (χ2v) is 11.7. The lowest BCUT2D eigenvalue weighted by Gasteiger charge is -2.19. The highest BCUT2D eigenvalue weighted by atomic mass is 32.2. The van der Waals surface area contributed by atoms with Crippen LogP contribution in [0.2, 0.25) is 0 Å². The molecule has 0 spiro atoms. The molecule has 1 heterocycles. The number of carbonyl (C=O) groups is 2. The minimum atomic E-state index is -3.31. The third-order valence-corrected chi connectivity index (χ3v) is 7.97. The molecule has 0 saturated carbocycles. The van der Waals surface area contributed by atoms with Crippen molar-refractivity contribution in [2.24, 2.45) is 0 Å². The van der Waals surface area contributed by atoms with E-state index in [-0.39, 0.29) is 11.8 Å². The summed E-state index contributed by atoms with van der Waals surface area (Å²) in [4.78, 5) is 27.0. The van der Waals surface area contributed by atoms with E-state index in [1.165, 1.54) is 4.90 Å². The maximum Gasteiger partial charge on any atom is 0.266 e. The summed E-state index contributed by atoms with van der Waals surface area (Å²) in [5.41, 5.74) is 3.33. The lowest BCUT2D eigenvalue weighted by atomic mass is 10.1. The highest BCUT2D eigenvalue weighted by molar-refractivity contribution is 7.90. The SMILES string of the molecule is CCc1ccc(N2C(=O)c3ccc(NCCCCCNS(=O)(=O)C(C)(C)C)cc3C2=O)cc1. The number of nitrogens with one attached hydrogen (secondary N) is 2. The minimum absolute atomic E-state index is 0.302. The summed E-state index contributed by atoms with van der Waals surface area (Å²) in [6.07, 6.45) is 3.37. The molecule has 0 fully saturated rings. The molecule has 0 aromatic heterocycles. The van der Waals surface area contributed by atoms with E-state index in [4.69, 9.17) is 0 Å². The number of nitrogens with zero attached hydrogens (tertiary/aromatic N) is 1. The Morgan fingerprint density at radius 3 is 2.12 bits per heavy atom. The average Bonchev–Trinajstić information content (AvgIpc) is 3.02. The smallest absolute Gasteiger partial charge is 0.266 e. The van der Waals surface area contributed by atoms with Gasteiger partial charge < -0.3 is 5.32 Å². The number of aryl methyl sites for hydroxylation is 1. The van der Waals surface area contributed by atoms with Gasteiger partial charge in [0.15, 0.2) is 0 Å². The summed E-state index contributed by atoms with van der Waals surface area (Å²) in [6, 6.07) is 12.7. The summed E-state index contributed by atoms with van der Waals surface area (Å²) >= 11 is 0. The van der Waals surface area contributed by atoms with Crippen LogP contribution in [-0.2, 0) is 16.4 Å². The van der Waals surface area contributed by atoms with E-state index < -0.39 is 14.8 Å². The molecule has 0 aliphatic carbocycles. The van der Waals surface area contributed by atoms with Gasteiger partial charge >= 0.3 is 0 Å². The van der Waals surface area contributed by atoms with Gasteiger partial charge in [0.25, 0.3) is 11.8 Å². The maximum absolute atomic E-state index is 12.9. The quantitative estimate of drug-likeness (QED) is 0.397. The van der Waals surface area contributed by atoms with Crippen molar-refractivity contribution in [2.45, 2.75) is 58.1 Å². The number of amides is 2. The Morgan fingerprint density at radius 2 is 1.48 bits per heavy atom. The van der Waals surface area contributed by atoms with Crippen molar-refractivity contribution < 1.29 is 18.0 Å². The van der Waals surface area contributed by atoms with Crippen molar-refractivity contribution in [1.82, 2.24) is 4.72 Å². The zero-order valence-electron chi connectivity index (χ0n) is 19.8. The van der Waals surface area contributed by atoms with Crippen LogP contribution >= 0.6 is 0 Å². The van der Waals surface area contributed by atoms with E-state index in [2.05, 4.69) is 17.0 Å². The fourth-order valence-corrected chi connectivity index (χ4v) is 4.39. The number of imide groups is 1. The Kier molecular flexibility index (Phi) is 7.59. The summed E-state index contributed by atoms with van der Waals surface area (Å²) < 4.78 is 25.9. The zero-order valence-corrected chi connectivity index (χ0v) is 20.6. The van der Waals surface area contributed by atoms with E-state index in [9.17, 15) is 18.0 Å². The first-order chi connectivity index (χ1) is 15.5. The van der Waals surface area contributed by atoms with Crippen LogP contribution in [0.15, 0.2) is 42.5 Å². The molecule has 2 amide bonds. The predicted molar refractivity (Wildman–Crippen MR) is 132 cm³/mol. The van der Waals surface area contributed by atoms with Gasteiger partial charge in [0.2, 0.25) is 10.0 Å². The molecule has 1 aliphatic rings. The largest absolute Gasteiger partial charge is 0.385 e.